The third-order valence-corrected chi connectivity index (χ3v) is 7.31. The molecule has 2 saturated heterocycles. The fraction of sp³-hybridized carbons (Fsp3) is 0.650. The molecule has 2 heterocycles. The largest absolute Gasteiger partial charge is 0.370 e. The highest BCUT2D eigenvalue weighted by Gasteiger charge is 2.31. The Bertz CT molecular complexity index is 752. The molecule has 0 unspecified atom stereocenters. The summed E-state index contributed by atoms with van der Waals surface area (Å²) in [5.74, 6) is -0.211. The molecule has 7 heteroatoms. The molecule has 1 amide bonds. The Labute approximate surface area is 163 Å². The van der Waals surface area contributed by atoms with Crippen molar-refractivity contribution in [3.05, 3.63) is 23.8 Å². The molecular weight excluding hydrogens is 362 g/mol. The van der Waals surface area contributed by atoms with Gasteiger partial charge in [-0.2, -0.15) is 4.31 Å². The summed E-state index contributed by atoms with van der Waals surface area (Å²) < 4.78 is 28.4. The van der Waals surface area contributed by atoms with Gasteiger partial charge in [-0.3, -0.25) is 4.79 Å². The second-order valence-electron chi connectivity index (χ2n) is 7.45. The Morgan fingerprint density at radius 1 is 1.00 bits per heavy atom. The number of carbonyl (C=O) groups excluding carboxylic acids is 1. The Morgan fingerprint density at radius 2 is 1.63 bits per heavy atom. The van der Waals surface area contributed by atoms with E-state index in [0.29, 0.717) is 25.2 Å². The Morgan fingerprint density at radius 3 is 2.26 bits per heavy atom. The van der Waals surface area contributed by atoms with Gasteiger partial charge in [0.15, 0.2) is 0 Å². The van der Waals surface area contributed by atoms with Crippen LogP contribution in [0.1, 0.15) is 62.2 Å². The van der Waals surface area contributed by atoms with Crippen LogP contribution < -0.4 is 10.2 Å². The number of rotatable bonds is 6. The van der Waals surface area contributed by atoms with Gasteiger partial charge in [0.05, 0.1) is 5.69 Å². The van der Waals surface area contributed by atoms with Crippen LogP contribution in [0.15, 0.2) is 23.1 Å². The molecule has 2 fully saturated rings. The van der Waals surface area contributed by atoms with E-state index in [1.165, 1.54) is 6.42 Å². The molecule has 0 bridgehead atoms. The minimum atomic E-state index is -3.61. The molecule has 2 aliphatic heterocycles. The predicted octanol–water partition coefficient (Wildman–Crippen LogP) is 2.99. The average Bonchev–Trinajstić information content (AvgIpc) is 2.73. The number of sulfonamides is 1. The molecule has 1 aromatic rings. The topological polar surface area (TPSA) is 69.7 Å². The number of nitrogens with one attached hydrogen (secondary N) is 1. The van der Waals surface area contributed by atoms with Crippen LogP contribution in [0.25, 0.3) is 0 Å². The van der Waals surface area contributed by atoms with E-state index in [1.54, 1.807) is 16.4 Å². The molecule has 1 N–H and O–H groups in total. The first-order valence-corrected chi connectivity index (χ1v) is 11.7. The van der Waals surface area contributed by atoms with E-state index < -0.39 is 10.0 Å². The maximum absolute atomic E-state index is 13.4. The predicted molar refractivity (Wildman–Crippen MR) is 108 cm³/mol. The third-order valence-electron chi connectivity index (χ3n) is 5.39. The van der Waals surface area contributed by atoms with Gasteiger partial charge >= 0.3 is 0 Å². The van der Waals surface area contributed by atoms with Crippen molar-refractivity contribution in [1.82, 2.24) is 9.62 Å². The molecule has 0 spiro atoms. The Kier molecular flexibility index (Phi) is 6.76. The SMILES string of the molecule is CCCNC(=O)c1ccc(N2CCCCC2)c(S(=O)(=O)N2CCCCC2)c1. The first-order chi connectivity index (χ1) is 13.0. The van der Waals surface area contributed by atoms with E-state index in [0.717, 1.165) is 57.3 Å². The van der Waals surface area contributed by atoms with E-state index in [1.807, 2.05) is 13.0 Å². The average molecular weight is 394 g/mol. The summed E-state index contributed by atoms with van der Waals surface area (Å²) in [5.41, 5.74) is 1.16. The van der Waals surface area contributed by atoms with E-state index >= 15 is 0 Å². The second-order valence-corrected chi connectivity index (χ2v) is 9.36. The van der Waals surface area contributed by atoms with Gasteiger partial charge in [0.25, 0.3) is 5.91 Å². The second kappa shape index (κ2) is 9.06. The minimum Gasteiger partial charge on any atom is -0.370 e. The van der Waals surface area contributed by atoms with Gasteiger partial charge in [-0.1, -0.05) is 13.3 Å². The molecule has 150 valence electrons. The molecular formula is C20H31N3O3S. The molecule has 0 aliphatic carbocycles. The number of hydrogen-bond donors (Lipinski definition) is 1. The van der Waals surface area contributed by atoms with Crippen LogP contribution in [0.5, 0.6) is 0 Å². The van der Waals surface area contributed by atoms with Crippen LogP contribution >= 0.6 is 0 Å². The fourth-order valence-electron chi connectivity index (χ4n) is 3.84. The van der Waals surface area contributed by atoms with Crippen molar-refractivity contribution < 1.29 is 13.2 Å². The van der Waals surface area contributed by atoms with Gasteiger partial charge in [-0.25, -0.2) is 8.42 Å². The highest BCUT2D eigenvalue weighted by molar-refractivity contribution is 7.89. The zero-order valence-corrected chi connectivity index (χ0v) is 17.1. The molecule has 0 aromatic heterocycles. The van der Waals surface area contributed by atoms with Crippen LogP contribution in [-0.2, 0) is 10.0 Å². The number of nitrogens with zero attached hydrogens (tertiary/aromatic N) is 2. The van der Waals surface area contributed by atoms with Crippen LogP contribution in [0.4, 0.5) is 5.69 Å². The highest BCUT2D eigenvalue weighted by atomic mass is 32.2. The van der Waals surface area contributed by atoms with Crippen molar-refractivity contribution in [1.29, 1.82) is 0 Å². The molecule has 2 aliphatic rings. The quantitative estimate of drug-likeness (QED) is 0.807. The van der Waals surface area contributed by atoms with Gasteiger partial charge in [-0.05, 0) is 56.7 Å². The minimum absolute atomic E-state index is 0.211. The third kappa shape index (κ3) is 4.63. The Hall–Kier alpha value is -1.60. The van der Waals surface area contributed by atoms with Crippen molar-refractivity contribution in [3.63, 3.8) is 0 Å². The van der Waals surface area contributed by atoms with Crippen molar-refractivity contribution in [3.8, 4) is 0 Å². The zero-order chi connectivity index (χ0) is 19.3. The van der Waals surface area contributed by atoms with Crippen molar-refractivity contribution >= 4 is 21.6 Å². The zero-order valence-electron chi connectivity index (χ0n) is 16.2. The van der Waals surface area contributed by atoms with Crippen LogP contribution in [0, 0.1) is 0 Å². The van der Waals surface area contributed by atoms with Gasteiger partial charge in [0, 0.05) is 38.3 Å². The summed E-state index contributed by atoms with van der Waals surface area (Å²) in [7, 11) is -3.61. The monoisotopic (exact) mass is 393 g/mol. The lowest BCUT2D eigenvalue weighted by molar-refractivity contribution is 0.0953. The van der Waals surface area contributed by atoms with Gasteiger partial charge in [-0.15, -0.1) is 0 Å². The number of hydrogen-bond acceptors (Lipinski definition) is 4. The summed E-state index contributed by atoms with van der Waals surface area (Å²) in [6, 6.07) is 5.16. The van der Waals surface area contributed by atoms with E-state index in [2.05, 4.69) is 10.2 Å². The normalized spacial score (nSPS) is 19.1. The number of carbonyl (C=O) groups is 1. The maximum atomic E-state index is 13.4. The highest BCUT2D eigenvalue weighted by Crippen LogP contribution is 2.32. The lowest BCUT2D eigenvalue weighted by atomic mass is 10.1. The van der Waals surface area contributed by atoms with Crippen LogP contribution in [-0.4, -0.2) is 51.4 Å². The first-order valence-electron chi connectivity index (χ1n) is 10.2. The van der Waals surface area contributed by atoms with E-state index in [4.69, 9.17) is 0 Å². The summed E-state index contributed by atoms with van der Waals surface area (Å²) in [4.78, 5) is 14.9. The molecule has 1 aromatic carbocycles. The number of piperidine rings is 2. The van der Waals surface area contributed by atoms with Crippen LogP contribution in [0.3, 0.4) is 0 Å². The fourth-order valence-corrected chi connectivity index (χ4v) is 5.60. The molecule has 6 nitrogen and oxygen atoms in total. The summed E-state index contributed by atoms with van der Waals surface area (Å²) in [5, 5.41) is 2.84. The number of amides is 1. The smallest absolute Gasteiger partial charge is 0.251 e. The van der Waals surface area contributed by atoms with Crippen molar-refractivity contribution in [2.45, 2.75) is 56.8 Å². The van der Waals surface area contributed by atoms with Crippen molar-refractivity contribution in [2.24, 2.45) is 0 Å². The molecule has 27 heavy (non-hydrogen) atoms. The molecule has 0 saturated carbocycles. The summed E-state index contributed by atoms with van der Waals surface area (Å²) in [6.07, 6.45) is 7.04. The molecule has 0 atom stereocenters. The summed E-state index contributed by atoms with van der Waals surface area (Å²) in [6.45, 7) is 5.43. The standard InChI is InChI=1S/C20H31N3O3S/c1-2-11-21-20(24)17-9-10-18(22-12-5-3-6-13-22)19(16-17)27(25,26)23-14-7-4-8-15-23/h9-10,16H,2-8,11-15H2,1H3,(H,21,24). The van der Waals surface area contributed by atoms with Crippen LogP contribution in [0.2, 0.25) is 0 Å². The van der Waals surface area contributed by atoms with Gasteiger partial charge in [0.2, 0.25) is 10.0 Å². The Balaban J connectivity index is 1.99. The van der Waals surface area contributed by atoms with E-state index in [9.17, 15) is 13.2 Å². The molecule has 0 radical (unpaired) electrons. The number of benzene rings is 1. The number of anilines is 1. The first kappa shape index (κ1) is 20.1. The van der Waals surface area contributed by atoms with Crippen molar-refractivity contribution in [2.75, 3.05) is 37.6 Å². The summed E-state index contributed by atoms with van der Waals surface area (Å²) >= 11 is 0. The lowest BCUT2D eigenvalue weighted by Gasteiger charge is -2.33. The molecule has 3 rings (SSSR count). The van der Waals surface area contributed by atoms with E-state index in [-0.39, 0.29) is 10.8 Å². The lowest BCUT2D eigenvalue weighted by Crippen LogP contribution is -2.38. The maximum Gasteiger partial charge on any atom is 0.251 e. The van der Waals surface area contributed by atoms with Gasteiger partial charge in [0.1, 0.15) is 4.90 Å². The van der Waals surface area contributed by atoms with Gasteiger partial charge < -0.3 is 10.2 Å².